The Kier molecular flexibility index (Phi) is 10.3. The van der Waals surface area contributed by atoms with Gasteiger partial charge in [-0.2, -0.15) is 13.2 Å². The van der Waals surface area contributed by atoms with Crippen LogP contribution in [0, 0.1) is 0 Å². The number of nitrogens with one attached hydrogen (secondary N) is 2. The van der Waals surface area contributed by atoms with E-state index in [-0.39, 0.29) is 30.0 Å². The van der Waals surface area contributed by atoms with Crippen molar-refractivity contribution in [2.45, 2.75) is 38.4 Å². The van der Waals surface area contributed by atoms with E-state index >= 15 is 0 Å². The highest BCUT2D eigenvalue weighted by atomic mass is 127. The molecule has 26 heavy (non-hydrogen) atoms. The van der Waals surface area contributed by atoms with Crippen LogP contribution in [-0.4, -0.2) is 55.8 Å². The van der Waals surface area contributed by atoms with Crippen molar-refractivity contribution < 1.29 is 13.2 Å². The highest BCUT2D eigenvalue weighted by Crippen LogP contribution is 2.19. The first kappa shape index (κ1) is 23.0. The molecule has 0 radical (unpaired) electrons. The summed E-state index contributed by atoms with van der Waals surface area (Å²) in [7, 11) is 0. The number of aryl methyl sites for hydroxylation is 1. The fraction of sp³-hybridized carbons (Fsp3) is 0.611. The molecule has 1 aliphatic rings. The van der Waals surface area contributed by atoms with Crippen molar-refractivity contribution >= 4 is 29.9 Å². The molecular formula is C18H28F3IN4. The summed E-state index contributed by atoms with van der Waals surface area (Å²) in [5, 5.41) is 6.43. The summed E-state index contributed by atoms with van der Waals surface area (Å²) in [4.78, 5) is 5.99. The van der Waals surface area contributed by atoms with E-state index in [0.717, 1.165) is 19.4 Å². The van der Waals surface area contributed by atoms with Crippen LogP contribution in [0.1, 0.15) is 25.3 Å². The number of alkyl halides is 3. The molecule has 1 unspecified atom stereocenters. The van der Waals surface area contributed by atoms with E-state index < -0.39 is 12.7 Å². The SMILES string of the molecule is CCNC(=NCCCc1ccccc1)NC1CCN(CC(F)(F)F)C1.I. The summed E-state index contributed by atoms with van der Waals surface area (Å²) >= 11 is 0. The van der Waals surface area contributed by atoms with Gasteiger partial charge >= 0.3 is 6.18 Å². The molecule has 0 saturated carbocycles. The molecule has 4 nitrogen and oxygen atoms in total. The van der Waals surface area contributed by atoms with E-state index in [4.69, 9.17) is 0 Å². The van der Waals surface area contributed by atoms with Crippen LogP contribution in [0.25, 0.3) is 0 Å². The zero-order valence-electron chi connectivity index (χ0n) is 15.1. The Morgan fingerprint density at radius 2 is 2.00 bits per heavy atom. The Morgan fingerprint density at radius 1 is 1.27 bits per heavy atom. The molecule has 1 aromatic carbocycles. The predicted molar refractivity (Wildman–Crippen MR) is 110 cm³/mol. The molecule has 1 heterocycles. The Morgan fingerprint density at radius 3 is 2.65 bits per heavy atom. The van der Waals surface area contributed by atoms with Gasteiger partial charge in [0.2, 0.25) is 0 Å². The van der Waals surface area contributed by atoms with Crippen LogP contribution < -0.4 is 10.6 Å². The van der Waals surface area contributed by atoms with Gasteiger partial charge in [0.1, 0.15) is 0 Å². The van der Waals surface area contributed by atoms with Crippen LogP contribution >= 0.6 is 24.0 Å². The first-order chi connectivity index (χ1) is 12.0. The standard InChI is InChI=1S/C18H27F3N4.HI/c1-2-22-17(23-11-6-9-15-7-4-3-5-8-15)24-16-10-12-25(13-16)14-18(19,20)21;/h3-5,7-8,16H,2,6,9-14H2,1H3,(H2,22,23,24);1H. The number of nitrogens with zero attached hydrogens (tertiary/aromatic N) is 2. The third kappa shape index (κ3) is 9.07. The third-order valence-electron chi connectivity index (χ3n) is 4.10. The summed E-state index contributed by atoms with van der Waals surface area (Å²) in [5.74, 6) is 0.689. The number of guanidine groups is 1. The minimum absolute atomic E-state index is 0. The summed E-state index contributed by atoms with van der Waals surface area (Å²) in [5.41, 5.74) is 1.29. The average Bonchev–Trinajstić information content (AvgIpc) is 2.97. The highest BCUT2D eigenvalue weighted by molar-refractivity contribution is 14.0. The van der Waals surface area contributed by atoms with Gasteiger partial charge in [-0.05, 0) is 31.7 Å². The molecule has 8 heteroatoms. The highest BCUT2D eigenvalue weighted by Gasteiger charge is 2.34. The van der Waals surface area contributed by atoms with E-state index in [0.29, 0.717) is 32.0 Å². The van der Waals surface area contributed by atoms with Gasteiger partial charge in [-0.3, -0.25) is 9.89 Å². The van der Waals surface area contributed by atoms with Crippen molar-refractivity contribution in [1.29, 1.82) is 0 Å². The van der Waals surface area contributed by atoms with Gasteiger partial charge in [-0.25, -0.2) is 0 Å². The van der Waals surface area contributed by atoms with Crippen LogP contribution in [-0.2, 0) is 6.42 Å². The maximum Gasteiger partial charge on any atom is 0.401 e. The normalized spacial score (nSPS) is 18.5. The van der Waals surface area contributed by atoms with Gasteiger partial charge in [0, 0.05) is 32.2 Å². The number of likely N-dealkylation sites (tertiary alicyclic amines) is 1. The van der Waals surface area contributed by atoms with Gasteiger partial charge < -0.3 is 10.6 Å². The molecule has 1 atom stereocenters. The molecule has 0 aliphatic carbocycles. The molecule has 148 valence electrons. The molecular weight excluding hydrogens is 456 g/mol. The van der Waals surface area contributed by atoms with Crippen molar-refractivity contribution in [3.63, 3.8) is 0 Å². The van der Waals surface area contributed by atoms with Gasteiger partial charge in [0.25, 0.3) is 0 Å². The lowest BCUT2D eigenvalue weighted by molar-refractivity contribution is -0.143. The van der Waals surface area contributed by atoms with Gasteiger partial charge in [0.15, 0.2) is 5.96 Å². The predicted octanol–water partition coefficient (Wildman–Crippen LogP) is 3.43. The van der Waals surface area contributed by atoms with Crippen LogP contribution in [0.5, 0.6) is 0 Å². The van der Waals surface area contributed by atoms with E-state index in [1.165, 1.54) is 10.5 Å². The first-order valence-corrected chi connectivity index (χ1v) is 8.84. The Balaban J connectivity index is 0.00000338. The fourth-order valence-corrected chi connectivity index (χ4v) is 2.98. The smallest absolute Gasteiger partial charge is 0.357 e. The fourth-order valence-electron chi connectivity index (χ4n) is 2.98. The van der Waals surface area contributed by atoms with Crippen LogP contribution in [0.15, 0.2) is 35.3 Å². The Bertz CT molecular complexity index is 537. The maximum atomic E-state index is 12.5. The Hall–Kier alpha value is -1.03. The summed E-state index contributed by atoms with van der Waals surface area (Å²) in [6, 6.07) is 10.3. The van der Waals surface area contributed by atoms with Crippen LogP contribution in [0.4, 0.5) is 13.2 Å². The topological polar surface area (TPSA) is 39.7 Å². The molecule has 0 bridgehead atoms. The average molecular weight is 484 g/mol. The number of hydrogen-bond donors (Lipinski definition) is 2. The second kappa shape index (κ2) is 11.6. The molecule has 1 aromatic rings. The number of halogens is 4. The zero-order chi connectivity index (χ0) is 18.1. The van der Waals surface area contributed by atoms with Crippen molar-refractivity contribution in [2.24, 2.45) is 4.99 Å². The molecule has 2 N–H and O–H groups in total. The minimum Gasteiger partial charge on any atom is -0.357 e. The second-order valence-electron chi connectivity index (χ2n) is 6.33. The second-order valence-corrected chi connectivity index (χ2v) is 6.33. The lowest BCUT2D eigenvalue weighted by atomic mass is 10.1. The van der Waals surface area contributed by atoms with Gasteiger partial charge in [-0.1, -0.05) is 30.3 Å². The van der Waals surface area contributed by atoms with Crippen LogP contribution in [0.3, 0.4) is 0 Å². The molecule has 0 spiro atoms. The van der Waals surface area contributed by atoms with Crippen molar-refractivity contribution in [2.75, 3.05) is 32.7 Å². The van der Waals surface area contributed by atoms with E-state index in [2.05, 4.69) is 27.8 Å². The maximum absolute atomic E-state index is 12.5. The summed E-state index contributed by atoms with van der Waals surface area (Å²) in [6.07, 6.45) is -1.53. The number of hydrogen-bond acceptors (Lipinski definition) is 2. The lowest BCUT2D eigenvalue weighted by Gasteiger charge is -2.19. The Labute approximate surface area is 170 Å². The molecule has 0 amide bonds. The molecule has 1 fully saturated rings. The van der Waals surface area contributed by atoms with Crippen LogP contribution in [0.2, 0.25) is 0 Å². The largest absolute Gasteiger partial charge is 0.401 e. The molecule has 0 aromatic heterocycles. The number of benzene rings is 1. The van der Waals surface area contributed by atoms with Crippen molar-refractivity contribution in [1.82, 2.24) is 15.5 Å². The monoisotopic (exact) mass is 484 g/mol. The number of rotatable bonds is 7. The zero-order valence-corrected chi connectivity index (χ0v) is 17.4. The lowest BCUT2D eigenvalue weighted by Crippen LogP contribution is -2.45. The van der Waals surface area contributed by atoms with E-state index in [9.17, 15) is 13.2 Å². The quantitative estimate of drug-likeness (QED) is 0.270. The van der Waals surface area contributed by atoms with E-state index in [1.807, 2.05) is 25.1 Å². The van der Waals surface area contributed by atoms with E-state index in [1.54, 1.807) is 0 Å². The van der Waals surface area contributed by atoms with Gasteiger partial charge in [-0.15, -0.1) is 24.0 Å². The summed E-state index contributed by atoms with van der Waals surface area (Å²) in [6.45, 7) is 3.41. The summed E-state index contributed by atoms with van der Waals surface area (Å²) < 4.78 is 37.4. The molecule has 1 aliphatic heterocycles. The third-order valence-corrected chi connectivity index (χ3v) is 4.10. The molecule has 2 rings (SSSR count). The number of aliphatic imine (C=N–C) groups is 1. The first-order valence-electron chi connectivity index (χ1n) is 8.84. The van der Waals surface area contributed by atoms with Gasteiger partial charge in [0.05, 0.1) is 6.54 Å². The van der Waals surface area contributed by atoms with Crippen molar-refractivity contribution in [3.8, 4) is 0 Å². The minimum atomic E-state index is -4.13. The molecule has 1 saturated heterocycles. The van der Waals surface area contributed by atoms with Crippen molar-refractivity contribution in [3.05, 3.63) is 35.9 Å².